The fourth-order valence-electron chi connectivity index (χ4n) is 1.03. The van der Waals surface area contributed by atoms with Gasteiger partial charge in [0.15, 0.2) is 0 Å². The molecule has 66 valence electrons. The molecule has 13 heavy (non-hydrogen) atoms. The molecule has 2 rings (SSSR count). The molecule has 0 atom stereocenters. The molecule has 2 aromatic rings. The highest BCUT2D eigenvalue weighted by Crippen LogP contribution is 2.14. The Balaban J connectivity index is 2.41. The van der Waals surface area contributed by atoms with Crippen LogP contribution in [0.1, 0.15) is 0 Å². The Labute approximate surface area is 75.2 Å². The van der Waals surface area contributed by atoms with E-state index in [1.165, 1.54) is 4.80 Å². The predicted molar refractivity (Wildman–Crippen MR) is 48.6 cm³/mol. The maximum atomic E-state index is 5.55. The topological polar surface area (TPSA) is 69.6 Å². The minimum Gasteiger partial charge on any atom is -0.399 e. The van der Waals surface area contributed by atoms with Gasteiger partial charge >= 0.3 is 0 Å². The van der Waals surface area contributed by atoms with Crippen molar-refractivity contribution in [2.45, 2.75) is 0 Å². The van der Waals surface area contributed by atoms with E-state index in [0.717, 1.165) is 11.3 Å². The molecule has 0 saturated carbocycles. The Hall–Kier alpha value is -1.91. The second kappa shape index (κ2) is 2.85. The third-order valence-electron chi connectivity index (χ3n) is 1.68. The van der Waals surface area contributed by atoms with Crippen LogP contribution in [0.25, 0.3) is 11.4 Å². The van der Waals surface area contributed by atoms with Gasteiger partial charge in [0, 0.05) is 11.3 Å². The largest absolute Gasteiger partial charge is 0.399 e. The van der Waals surface area contributed by atoms with Crippen molar-refractivity contribution in [3.05, 3.63) is 24.3 Å². The van der Waals surface area contributed by atoms with Crippen molar-refractivity contribution in [2.24, 2.45) is 7.05 Å². The smallest absolute Gasteiger partial charge is 0.204 e. The molecule has 0 amide bonds. The molecule has 1 aromatic carbocycles. The van der Waals surface area contributed by atoms with E-state index in [1.54, 1.807) is 7.05 Å². The number of benzene rings is 1. The van der Waals surface area contributed by atoms with Gasteiger partial charge in [-0.2, -0.15) is 4.80 Å². The standard InChI is InChI=1S/C8H9N5/c1-13-11-8(10-12-13)6-2-4-7(9)5-3-6/h2-5H,9H2,1H3. The van der Waals surface area contributed by atoms with Crippen LogP contribution in [0.3, 0.4) is 0 Å². The van der Waals surface area contributed by atoms with Gasteiger partial charge in [-0.05, 0) is 29.5 Å². The quantitative estimate of drug-likeness (QED) is 0.639. The van der Waals surface area contributed by atoms with Gasteiger partial charge in [-0.25, -0.2) is 0 Å². The normalized spacial score (nSPS) is 10.2. The molecule has 5 heteroatoms. The van der Waals surface area contributed by atoms with Crippen LogP contribution >= 0.6 is 0 Å². The summed E-state index contributed by atoms with van der Waals surface area (Å²) in [6.45, 7) is 0. The van der Waals surface area contributed by atoms with Gasteiger partial charge in [-0.3, -0.25) is 0 Å². The first-order valence-electron chi connectivity index (χ1n) is 3.85. The molecule has 0 aliphatic rings. The molecule has 0 radical (unpaired) electrons. The van der Waals surface area contributed by atoms with Crippen molar-refractivity contribution in [2.75, 3.05) is 5.73 Å². The zero-order chi connectivity index (χ0) is 9.26. The number of nitrogen functional groups attached to an aromatic ring is 1. The molecule has 0 spiro atoms. The summed E-state index contributed by atoms with van der Waals surface area (Å²) in [5.74, 6) is 0.613. The Morgan fingerprint density at radius 1 is 1.23 bits per heavy atom. The van der Waals surface area contributed by atoms with Crippen LogP contribution in [-0.4, -0.2) is 20.2 Å². The monoisotopic (exact) mass is 175 g/mol. The summed E-state index contributed by atoms with van der Waals surface area (Å²) in [5, 5.41) is 11.7. The van der Waals surface area contributed by atoms with Gasteiger partial charge in [0.25, 0.3) is 0 Å². The lowest BCUT2D eigenvalue weighted by molar-refractivity contribution is 0.630. The fourth-order valence-corrected chi connectivity index (χ4v) is 1.03. The lowest BCUT2D eigenvalue weighted by Gasteiger charge is -1.94. The second-order valence-electron chi connectivity index (χ2n) is 2.72. The number of nitrogens with two attached hydrogens (primary N) is 1. The third-order valence-corrected chi connectivity index (χ3v) is 1.68. The molecular weight excluding hydrogens is 166 g/mol. The van der Waals surface area contributed by atoms with Crippen LogP contribution in [0.4, 0.5) is 5.69 Å². The van der Waals surface area contributed by atoms with Crippen molar-refractivity contribution in [3.8, 4) is 11.4 Å². The summed E-state index contributed by atoms with van der Waals surface area (Å²) in [5.41, 5.74) is 7.20. The predicted octanol–water partition coefficient (Wildman–Crippen LogP) is 0.459. The summed E-state index contributed by atoms with van der Waals surface area (Å²) >= 11 is 0. The number of rotatable bonds is 1. The summed E-state index contributed by atoms with van der Waals surface area (Å²) in [4.78, 5) is 1.42. The number of aryl methyl sites for hydroxylation is 1. The molecule has 0 bridgehead atoms. The van der Waals surface area contributed by atoms with Crippen molar-refractivity contribution < 1.29 is 0 Å². The summed E-state index contributed by atoms with van der Waals surface area (Å²) in [6.07, 6.45) is 0. The molecule has 2 N–H and O–H groups in total. The van der Waals surface area contributed by atoms with Crippen molar-refractivity contribution in [3.63, 3.8) is 0 Å². The molecule has 0 aliphatic carbocycles. The highest BCUT2D eigenvalue weighted by Gasteiger charge is 2.02. The van der Waals surface area contributed by atoms with Crippen LogP contribution < -0.4 is 5.73 Å². The number of nitrogens with zero attached hydrogens (tertiary/aromatic N) is 4. The van der Waals surface area contributed by atoms with E-state index in [0.29, 0.717) is 5.82 Å². The van der Waals surface area contributed by atoms with E-state index in [-0.39, 0.29) is 0 Å². The number of aromatic nitrogens is 4. The molecular formula is C8H9N5. The Kier molecular flexibility index (Phi) is 1.70. The Bertz CT molecular complexity index is 403. The number of hydrogen-bond acceptors (Lipinski definition) is 4. The van der Waals surface area contributed by atoms with E-state index < -0.39 is 0 Å². The lowest BCUT2D eigenvalue weighted by atomic mass is 10.2. The van der Waals surface area contributed by atoms with Gasteiger partial charge in [0.2, 0.25) is 5.82 Å². The highest BCUT2D eigenvalue weighted by molar-refractivity contribution is 5.57. The molecule has 0 unspecified atom stereocenters. The van der Waals surface area contributed by atoms with Gasteiger partial charge in [0.1, 0.15) is 0 Å². The van der Waals surface area contributed by atoms with Crippen molar-refractivity contribution >= 4 is 5.69 Å². The van der Waals surface area contributed by atoms with E-state index in [4.69, 9.17) is 5.73 Å². The van der Waals surface area contributed by atoms with Crippen LogP contribution in [0.15, 0.2) is 24.3 Å². The number of tetrazole rings is 1. The zero-order valence-corrected chi connectivity index (χ0v) is 7.18. The molecule has 0 fully saturated rings. The van der Waals surface area contributed by atoms with Gasteiger partial charge in [-0.15, -0.1) is 10.2 Å². The van der Waals surface area contributed by atoms with Gasteiger partial charge < -0.3 is 5.73 Å². The Morgan fingerprint density at radius 2 is 1.92 bits per heavy atom. The molecule has 0 saturated heterocycles. The summed E-state index contributed by atoms with van der Waals surface area (Å²) in [6, 6.07) is 7.36. The van der Waals surface area contributed by atoms with Crippen molar-refractivity contribution in [1.82, 2.24) is 20.2 Å². The lowest BCUT2D eigenvalue weighted by Crippen LogP contribution is -1.91. The van der Waals surface area contributed by atoms with Gasteiger partial charge in [-0.1, -0.05) is 0 Å². The number of anilines is 1. The second-order valence-corrected chi connectivity index (χ2v) is 2.72. The fraction of sp³-hybridized carbons (Fsp3) is 0.125. The van der Waals surface area contributed by atoms with E-state index in [2.05, 4.69) is 15.4 Å². The number of hydrogen-bond donors (Lipinski definition) is 1. The first kappa shape index (κ1) is 7.72. The minimum atomic E-state index is 0.613. The first-order chi connectivity index (χ1) is 6.25. The van der Waals surface area contributed by atoms with Gasteiger partial charge in [0.05, 0.1) is 7.05 Å². The molecule has 1 heterocycles. The molecule has 5 nitrogen and oxygen atoms in total. The molecule has 0 aliphatic heterocycles. The molecule has 1 aromatic heterocycles. The Morgan fingerprint density at radius 3 is 2.46 bits per heavy atom. The zero-order valence-electron chi connectivity index (χ0n) is 7.18. The van der Waals surface area contributed by atoms with Crippen LogP contribution in [-0.2, 0) is 7.05 Å². The third kappa shape index (κ3) is 1.48. The first-order valence-corrected chi connectivity index (χ1v) is 3.85. The van der Waals surface area contributed by atoms with E-state index in [9.17, 15) is 0 Å². The highest BCUT2D eigenvalue weighted by atomic mass is 15.6. The van der Waals surface area contributed by atoms with Crippen LogP contribution in [0.5, 0.6) is 0 Å². The average Bonchev–Trinajstić information content (AvgIpc) is 2.53. The van der Waals surface area contributed by atoms with Crippen LogP contribution in [0, 0.1) is 0 Å². The van der Waals surface area contributed by atoms with Crippen LogP contribution in [0.2, 0.25) is 0 Å². The summed E-state index contributed by atoms with van der Waals surface area (Å²) in [7, 11) is 1.73. The summed E-state index contributed by atoms with van der Waals surface area (Å²) < 4.78 is 0. The maximum Gasteiger partial charge on any atom is 0.204 e. The van der Waals surface area contributed by atoms with E-state index in [1.807, 2.05) is 24.3 Å². The van der Waals surface area contributed by atoms with Crippen molar-refractivity contribution in [1.29, 1.82) is 0 Å². The maximum absolute atomic E-state index is 5.55. The average molecular weight is 175 g/mol. The van der Waals surface area contributed by atoms with E-state index >= 15 is 0 Å². The minimum absolute atomic E-state index is 0.613. The SMILES string of the molecule is Cn1nnc(-c2ccc(N)cc2)n1.